The fraction of sp³-hybridized carbons (Fsp3) is 0.455. The number of nitrogens with one attached hydrogen (secondary N) is 2. The molecule has 2 aromatic rings. The molecule has 5 rings (SSSR count). The Bertz CT molecular complexity index is 1120. The Balaban J connectivity index is 1.29. The first kappa shape index (κ1) is 21.3. The second-order valence-corrected chi connectivity index (χ2v) is 8.54. The molecule has 11 nitrogen and oxygen atoms in total. The lowest BCUT2D eigenvalue weighted by Crippen LogP contribution is -2.54. The average molecular weight is 452 g/mol. The van der Waals surface area contributed by atoms with Crippen molar-refractivity contribution in [3.05, 3.63) is 41.2 Å². The molecule has 3 aliphatic rings. The molecule has 172 valence electrons. The van der Waals surface area contributed by atoms with E-state index in [4.69, 9.17) is 4.74 Å². The molecule has 1 aromatic heterocycles. The van der Waals surface area contributed by atoms with Crippen molar-refractivity contribution >= 4 is 23.6 Å². The summed E-state index contributed by atoms with van der Waals surface area (Å²) in [6, 6.07) is 3.75. The molecular formula is C22H24N6O5. The molecule has 1 aromatic carbocycles. The summed E-state index contributed by atoms with van der Waals surface area (Å²) < 4.78 is 7.67. The van der Waals surface area contributed by atoms with E-state index in [1.54, 1.807) is 12.1 Å². The van der Waals surface area contributed by atoms with Crippen molar-refractivity contribution in [3.8, 4) is 5.75 Å². The zero-order valence-corrected chi connectivity index (χ0v) is 18.0. The number of rotatable bonds is 6. The highest BCUT2D eigenvalue weighted by atomic mass is 16.5. The van der Waals surface area contributed by atoms with E-state index in [2.05, 4.69) is 20.9 Å². The molecule has 0 bridgehead atoms. The molecule has 4 amide bonds. The lowest BCUT2D eigenvalue weighted by Gasteiger charge is -2.27. The Labute approximate surface area is 189 Å². The fourth-order valence-electron chi connectivity index (χ4n) is 4.58. The number of carbonyl (C=O) groups excluding carboxylic acids is 4. The molecule has 0 radical (unpaired) electrons. The van der Waals surface area contributed by atoms with Crippen LogP contribution in [0.4, 0.5) is 0 Å². The smallest absolute Gasteiger partial charge is 0.266 e. The maximum atomic E-state index is 13.1. The quantitative estimate of drug-likeness (QED) is 0.596. The van der Waals surface area contributed by atoms with E-state index in [1.807, 2.05) is 10.9 Å². The summed E-state index contributed by atoms with van der Waals surface area (Å²) in [4.78, 5) is 50.6. The van der Waals surface area contributed by atoms with Crippen LogP contribution in [0.5, 0.6) is 5.75 Å². The van der Waals surface area contributed by atoms with Gasteiger partial charge in [-0.15, -0.1) is 5.10 Å². The van der Waals surface area contributed by atoms with E-state index in [9.17, 15) is 19.2 Å². The summed E-state index contributed by atoms with van der Waals surface area (Å²) in [6.45, 7) is 2.90. The Morgan fingerprint density at radius 3 is 2.67 bits per heavy atom. The number of imide groups is 2. The molecule has 33 heavy (non-hydrogen) atoms. The van der Waals surface area contributed by atoms with Gasteiger partial charge in [0.2, 0.25) is 11.8 Å². The number of carbonyl (C=O) groups is 4. The first-order valence-corrected chi connectivity index (χ1v) is 11.1. The highest BCUT2D eigenvalue weighted by Crippen LogP contribution is 2.33. The maximum Gasteiger partial charge on any atom is 0.266 e. The molecule has 11 heteroatoms. The van der Waals surface area contributed by atoms with Gasteiger partial charge in [0.1, 0.15) is 24.1 Å². The molecule has 4 heterocycles. The van der Waals surface area contributed by atoms with Crippen LogP contribution in [0, 0.1) is 5.92 Å². The van der Waals surface area contributed by atoms with E-state index < -0.39 is 29.7 Å². The van der Waals surface area contributed by atoms with Gasteiger partial charge in [-0.3, -0.25) is 34.1 Å². The van der Waals surface area contributed by atoms with Crippen molar-refractivity contribution in [1.29, 1.82) is 0 Å². The maximum absolute atomic E-state index is 13.1. The van der Waals surface area contributed by atoms with Crippen molar-refractivity contribution in [2.45, 2.75) is 44.9 Å². The van der Waals surface area contributed by atoms with Crippen LogP contribution in [0.25, 0.3) is 0 Å². The van der Waals surface area contributed by atoms with Crippen molar-refractivity contribution in [2.24, 2.45) is 5.92 Å². The Kier molecular flexibility index (Phi) is 5.63. The van der Waals surface area contributed by atoms with Gasteiger partial charge in [0.25, 0.3) is 11.8 Å². The molecule has 0 saturated carbocycles. The van der Waals surface area contributed by atoms with Gasteiger partial charge in [-0.1, -0.05) is 11.3 Å². The molecular weight excluding hydrogens is 428 g/mol. The molecule has 1 atom stereocenters. The van der Waals surface area contributed by atoms with Crippen LogP contribution in [0.3, 0.4) is 0 Å². The molecule has 2 fully saturated rings. The monoisotopic (exact) mass is 452 g/mol. The number of benzene rings is 1. The third kappa shape index (κ3) is 4.11. The average Bonchev–Trinajstić information content (AvgIpc) is 3.36. The number of amides is 4. The first-order chi connectivity index (χ1) is 16.0. The van der Waals surface area contributed by atoms with Crippen LogP contribution in [0.2, 0.25) is 0 Å². The summed E-state index contributed by atoms with van der Waals surface area (Å²) in [5.74, 6) is -1.43. The summed E-state index contributed by atoms with van der Waals surface area (Å²) in [6.07, 6.45) is 4.20. The third-order valence-corrected chi connectivity index (χ3v) is 6.30. The molecule has 0 spiro atoms. The number of piperidine rings is 2. The summed E-state index contributed by atoms with van der Waals surface area (Å²) in [7, 11) is 0. The highest BCUT2D eigenvalue weighted by Gasteiger charge is 2.46. The Hall–Kier alpha value is -3.60. The second-order valence-electron chi connectivity index (χ2n) is 8.54. The molecule has 0 aliphatic carbocycles. The summed E-state index contributed by atoms with van der Waals surface area (Å²) in [5, 5.41) is 13.9. The molecule has 1 unspecified atom stereocenters. The van der Waals surface area contributed by atoms with E-state index in [1.165, 1.54) is 6.07 Å². The number of aromatic nitrogens is 3. The van der Waals surface area contributed by atoms with Crippen LogP contribution in [-0.4, -0.2) is 62.7 Å². The number of fused-ring (bicyclic) bond motifs is 1. The standard InChI is InChI=1S/C22H24N6O5/c29-18-5-4-16(20(30)24-18)28-21(31)15-2-1-3-17(19(15)22(28)32)33-12-14-11-27(26-25-14)10-13-6-8-23-9-7-13/h1-3,11,13,16,23H,4-10,12H2,(H,24,29,30). The van der Waals surface area contributed by atoms with Crippen molar-refractivity contribution in [1.82, 2.24) is 30.5 Å². The number of hydrogen-bond acceptors (Lipinski definition) is 8. The number of hydrogen-bond donors (Lipinski definition) is 2. The SMILES string of the molecule is O=C1CCC(N2C(=O)c3cccc(OCc4cn(CC5CCNCC5)nn4)c3C2=O)C(=O)N1. The van der Waals surface area contributed by atoms with Crippen molar-refractivity contribution < 1.29 is 23.9 Å². The van der Waals surface area contributed by atoms with Gasteiger partial charge in [0.05, 0.1) is 17.3 Å². The largest absolute Gasteiger partial charge is 0.486 e. The van der Waals surface area contributed by atoms with Gasteiger partial charge >= 0.3 is 0 Å². The normalized spacial score (nSPS) is 21.3. The minimum Gasteiger partial charge on any atom is -0.486 e. The fourth-order valence-corrected chi connectivity index (χ4v) is 4.58. The summed E-state index contributed by atoms with van der Waals surface area (Å²) in [5.41, 5.74) is 0.909. The van der Waals surface area contributed by atoms with E-state index in [0.717, 1.165) is 37.4 Å². The topological polar surface area (TPSA) is 136 Å². The van der Waals surface area contributed by atoms with Crippen molar-refractivity contribution in [3.63, 3.8) is 0 Å². The van der Waals surface area contributed by atoms with Gasteiger partial charge in [-0.25, -0.2) is 0 Å². The van der Waals surface area contributed by atoms with E-state index in [0.29, 0.717) is 11.6 Å². The minimum absolute atomic E-state index is 0.0696. The van der Waals surface area contributed by atoms with Gasteiger partial charge in [-0.05, 0) is 50.4 Å². The molecule has 3 aliphatic heterocycles. The lowest BCUT2D eigenvalue weighted by molar-refractivity contribution is -0.136. The van der Waals surface area contributed by atoms with Gasteiger partial charge in [0.15, 0.2) is 0 Å². The van der Waals surface area contributed by atoms with E-state index >= 15 is 0 Å². The lowest BCUT2D eigenvalue weighted by atomic mass is 9.98. The third-order valence-electron chi connectivity index (χ3n) is 6.30. The zero-order chi connectivity index (χ0) is 22.9. The Morgan fingerprint density at radius 2 is 1.88 bits per heavy atom. The van der Waals surface area contributed by atoms with Crippen LogP contribution >= 0.6 is 0 Å². The first-order valence-electron chi connectivity index (χ1n) is 11.1. The van der Waals surface area contributed by atoms with Crippen LogP contribution < -0.4 is 15.4 Å². The predicted molar refractivity (Wildman–Crippen MR) is 113 cm³/mol. The van der Waals surface area contributed by atoms with Gasteiger partial charge in [-0.2, -0.15) is 0 Å². The predicted octanol–water partition coefficient (Wildman–Crippen LogP) is 0.258. The number of ether oxygens (including phenoxy) is 1. The zero-order valence-electron chi connectivity index (χ0n) is 18.0. The minimum atomic E-state index is -1.02. The van der Waals surface area contributed by atoms with Crippen LogP contribution in [0.1, 0.15) is 52.1 Å². The molecule has 2 saturated heterocycles. The molecule has 2 N–H and O–H groups in total. The van der Waals surface area contributed by atoms with Gasteiger partial charge in [0, 0.05) is 13.0 Å². The van der Waals surface area contributed by atoms with Gasteiger partial charge < -0.3 is 10.1 Å². The highest BCUT2D eigenvalue weighted by molar-refractivity contribution is 6.24. The Morgan fingerprint density at radius 1 is 1.06 bits per heavy atom. The van der Waals surface area contributed by atoms with Crippen molar-refractivity contribution in [2.75, 3.05) is 13.1 Å². The number of nitrogens with zero attached hydrogens (tertiary/aromatic N) is 4. The summed E-state index contributed by atoms with van der Waals surface area (Å²) >= 11 is 0. The second kappa shape index (κ2) is 8.74. The van der Waals surface area contributed by atoms with Crippen LogP contribution in [0.15, 0.2) is 24.4 Å². The van der Waals surface area contributed by atoms with E-state index in [-0.39, 0.29) is 36.3 Å². The van der Waals surface area contributed by atoms with Crippen LogP contribution in [-0.2, 0) is 22.7 Å².